The molecular formula is C3H4N4O2. The highest BCUT2D eigenvalue weighted by atomic mass is 16.4. The molecule has 0 aliphatic carbocycles. The van der Waals surface area contributed by atoms with Crippen molar-refractivity contribution in [2.45, 2.75) is 0 Å². The Labute approximate surface area is 50.2 Å². The Balaban J connectivity index is 2.76. The highest BCUT2D eigenvalue weighted by Crippen LogP contribution is 1.99. The molecule has 0 aliphatic rings. The van der Waals surface area contributed by atoms with Crippen molar-refractivity contribution in [1.29, 1.82) is 0 Å². The largest absolute Gasteiger partial charge is 0.410 e. The summed E-state index contributed by atoms with van der Waals surface area (Å²) in [6, 6.07) is -0.0231. The van der Waals surface area contributed by atoms with Gasteiger partial charge in [0.05, 0.1) is 0 Å². The van der Waals surface area contributed by atoms with Gasteiger partial charge in [0, 0.05) is 0 Å². The number of hydrogen-bond acceptors (Lipinski definition) is 5. The number of carbonyl (C=O) groups excluding carboxylic acids is 1. The van der Waals surface area contributed by atoms with E-state index in [-0.39, 0.29) is 6.01 Å². The van der Waals surface area contributed by atoms with Crippen molar-refractivity contribution in [3.05, 3.63) is 6.39 Å². The predicted molar refractivity (Wildman–Crippen MR) is 27.0 cm³/mol. The molecule has 0 bridgehead atoms. The van der Waals surface area contributed by atoms with Crippen molar-refractivity contribution < 1.29 is 9.21 Å². The number of aromatic nitrogens is 2. The highest BCUT2D eigenvalue weighted by Gasteiger charge is 2.02. The zero-order valence-corrected chi connectivity index (χ0v) is 4.39. The smallest absolute Gasteiger partial charge is 0.339 e. The van der Waals surface area contributed by atoms with Crippen LogP contribution in [0.5, 0.6) is 0 Å². The molecule has 0 radical (unpaired) electrons. The van der Waals surface area contributed by atoms with Crippen molar-refractivity contribution in [2.24, 2.45) is 5.84 Å². The van der Waals surface area contributed by atoms with Crippen LogP contribution in [0.25, 0.3) is 0 Å². The first-order valence-electron chi connectivity index (χ1n) is 2.10. The van der Waals surface area contributed by atoms with Crippen LogP contribution < -0.4 is 10.9 Å². The number of nitrogens with two attached hydrogens (primary N) is 1. The third-order valence-electron chi connectivity index (χ3n) is 0.683. The Hall–Kier alpha value is -1.43. The second-order valence-corrected chi connectivity index (χ2v) is 1.23. The number of hydrazine groups is 1. The maximum atomic E-state index is 9.88. The maximum Gasteiger partial charge on any atom is 0.339 e. The van der Waals surface area contributed by atoms with Gasteiger partial charge in [0.2, 0.25) is 12.8 Å². The molecule has 0 atom stereocenters. The van der Waals surface area contributed by atoms with E-state index >= 15 is 0 Å². The van der Waals surface area contributed by atoms with Crippen LogP contribution in [0, 0.1) is 0 Å². The lowest BCUT2D eigenvalue weighted by Gasteiger charge is -1.99. The molecule has 0 aromatic carbocycles. The molecule has 0 fully saturated rings. The lowest BCUT2D eigenvalue weighted by molar-refractivity contribution is -0.107. The van der Waals surface area contributed by atoms with Crippen molar-refractivity contribution in [1.82, 2.24) is 10.2 Å². The summed E-state index contributed by atoms with van der Waals surface area (Å²) < 4.78 is 4.53. The maximum absolute atomic E-state index is 9.88. The van der Waals surface area contributed by atoms with E-state index in [0.717, 1.165) is 6.39 Å². The summed E-state index contributed by atoms with van der Waals surface area (Å²) in [5.74, 6) is 5.01. The molecule has 0 saturated heterocycles. The fourth-order valence-electron chi connectivity index (χ4n) is 0.325. The van der Waals surface area contributed by atoms with Crippen molar-refractivity contribution in [3.63, 3.8) is 0 Å². The number of carbonyl (C=O) groups is 1. The number of nitrogens with zero attached hydrogens (tertiary/aromatic N) is 3. The Bertz CT molecular complexity index is 184. The van der Waals surface area contributed by atoms with E-state index in [1.165, 1.54) is 0 Å². The van der Waals surface area contributed by atoms with Gasteiger partial charge in [-0.1, -0.05) is 5.10 Å². The number of hydrogen-bond donors (Lipinski definition) is 1. The summed E-state index contributed by atoms with van der Waals surface area (Å²) in [7, 11) is 0. The number of rotatable bonds is 2. The van der Waals surface area contributed by atoms with Crippen LogP contribution in [0.3, 0.4) is 0 Å². The van der Waals surface area contributed by atoms with E-state index in [1.54, 1.807) is 0 Å². The Morgan fingerprint density at radius 3 is 3.11 bits per heavy atom. The summed E-state index contributed by atoms with van der Waals surface area (Å²) in [4.78, 5) is 9.88. The second kappa shape index (κ2) is 2.23. The van der Waals surface area contributed by atoms with Crippen molar-refractivity contribution in [2.75, 3.05) is 5.01 Å². The Morgan fingerprint density at radius 1 is 1.89 bits per heavy atom. The molecule has 1 aromatic heterocycles. The minimum Gasteiger partial charge on any atom is -0.410 e. The second-order valence-electron chi connectivity index (χ2n) is 1.23. The minimum atomic E-state index is -0.0231. The van der Waals surface area contributed by atoms with Gasteiger partial charge >= 0.3 is 6.01 Å². The number of anilines is 1. The normalized spacial score (nSPS) is 9.00. The van der Waals surface area contributed by atoms with Crippen LogP contribution in [-0.4, -0.2) is 16.6 Å². The van der Waals surface area contributed by atoms with Crippen LogP contribution in [0.2, 0.25) is 0 Å². The van der Waals surface area contributed by atoms with Gasteiger partial charge in [-0.3, -0.25) is 4.79 Å². The molecule has 0 aliphatic heterocycles. The molecule has 1 heterocycles. The third-order valence-corrected chi connectivity index (χ3v) is 0.683. The molecule has 2 N–H and O–H groups in total. The zero-order valence-electron chi connectivity index (χ0n) is 4.39. The van der Waals surface area contributed by atoms with Crippen molar-refractivity contribution in [3.8, 4) is 0 Å². The topological polar surface area (TPSA) is 85.2 Å². The first-order valence-corrected chi connectivity index (χ1v) is 2.10. The van der Waals surface area contributed by atoms with Gasteiger partial charge < -0.3 is 4.42 Å². The molecule has 1 aromatic rings. The quantitative estimate of drug-likeness (QED) is 0.236. The molecule has 0 unspecified atom stereocenters. The lowest BCUT2D eigenvalue weighted by Crippen LogP contribution is -2.28. The van der Waals surface area contributed by atoms with Crippen LogP contribution >= 0.6 is 0 Å². The van der Waals surface area contributed by atoms with Gasteiger partial charge in [-0.25, -0.2) is 5.84 Å². The molecule has 48 valence electrons. The van der Waals surface area contributed by atoms with Gasteiger partial charge in [-0.2, -0.15) is 5.01 Å². The first-order chi connectivity index (χ1) is 4.34. The Kier molecular flexibility index (Phi) is 1.41. The molecule has 1 amide bonds. The van der Waals surface area contributed by atoms with E-state index < -0.39 is 0 Å². The van der Waals surface area contributed by atoms with Crippen LogP contribution in [-0.2, 0) is 4.79 Å². The van der Waals surface area contributed by atoms with Gasteiger partial charge in [-0.15, -0.1) is 5.10 Å². The number of amides is 1. The van der Waals surface area contributed by atoms with Gasteiger partial charge in [0.15, 0.2) is 0 Å². The first kappa shape index (κ1) is 5.70. The van der Waals surface area contributed by atoms with Gasteiger partial charge in [-0.05, 0) is 0 Å². The zero-order chi connectivity index (χ0) is 6.69. The fourth-order valence-corrected chi connectivity index (χ4v) is 0.325. The molecular weight excluding hydrogens is 124 g/mol. The van der Waals surface area contributed by atoms with Crippen molar-refractivity contribution >= 4 is 12.4 Å². The average Bonchev–Trinajstić information content (AvgIpc) is 2.37. The molecule has 9 heavy (non-hydrogen) atoms. The van der Waals surface area contributed by atoms with Gasteiger partial charge in [0.1, 0.15) is 0 Å². The molecule has 6 nitrogen and oxygen atoms in total. The standard InChI is InChI=1S/C3H4N4O2/c4-7(2-8)3-6-5-1-9-3/h1-2H,4H2. The summed E-state index contributed by atoms with van der Waals surface area (Å²) >= 11 is 0. The van der Waals surface area contributed by atoms with E-state index in [1.807, 2.05) is 0 Å². The van der Waals surface area contributed by atoms with Crippen LogP contribution in [0.1, 0.15) is 0 Å². The van der Waals surface area contributed by atoms with Crippen LogP contribution in [0.4, 0.5) is 6.01 Å². The summed E-state index contributed by atoms with van der Waals surface area (Å²) in [5, 5.41) is 7.32. The van der Waals surface area contributed by atoms with Crippen LogP contribution in [0.15, 0.2) is 10.8 Å². The van der Waals surface area contributed by atoms with E-state index in [9.17, 15) is 4.79 Å². The SMILES string of the molecule is NN(C=O)c1nnco1. The summed E-state index contributed by atoms with van der Waals surface area (Å²) in [5.41, 5.74) is 0. The molecule has 6 heteroatoms. The average molecular weight is 128 g/mol. The third kappa shape index (κ3) is 1.03. The highest BCUT2D eigenvalue weighted by molar-refractivity contribution is 5.67. The van der Waals surface area contributed by atoms with E-state index in [2.05, 4.69) is 14.6 Å². The summed E-state index contributed by atoms with van der Waals surface area (Å²) in [6.07, 6.45) is 1.45. The predicted octanol–water partition coefficient (Wildman–Crippen LogP) is -1.09. The molecule has 1 rings (SSSR count). The monoisotopic (exact) mass is 128 g/mol. The Morgan fingerprint density at radius 2 is 2.67 bits per heavy atom. The summed E-state index contributed by atoms with van der Waals surface area (Å²) in [6.45, 7) is 0. The molecule has 0 spiro atoms. The fraction of sp³-hybridized carbons (Fsp3) is 0. The van der Waals surface area contributed by atoms with E-state index in [0.29, 0.717) is 11.4 Å². The van der Waals surface area contributed by atoms with Gasteiger partial charge in [0.25, 0.3) is 0 Å². The lowest BCUT2D eigenvalue weighted by atomic mass is 11.0. The molecule has 0 saturated carbocycles. The minimum absolute atomic E-state index is 0.0231. The van der Waals surface area contributed by atoms with E-state index in [4.69, 9.17) is 5.84 Å².